The standard InChI is InChI=1S/C10H15ClN6/c1-4-17-14-10(13-15-17)8-5-12-16(9(8)11)6-7(2)3/h5,7H,4,6H2,1-3H3. The number of nitrogens with zero attached hydrogens (tertiary/aromatic N) is 6. The second-order valence-corrected chi connectivity index (χ2v) is 4.58. The van der Waals surface area contributed by atoms with Gasteiger partial charge in [0, 0.05) is 6.54 Å². The predicted molar refractivity (Wildman–Crippen MR) is 64.6 cm³/mol. The Kier molecular flexibility index (Phi) is 3.42. The average molecular weight is 255 g/mol. The van der Waals surface area contributed by atoms with Crippen molar-refractivity contribution in [2.24, 2.45) is 5.92 Å². The largest absolute Gasteiger partial charge is 0.253 e. The van der Waals surface area contributed by atoms with E-state index in [1.54, 1.807) is 10.9 Å². The summed E-state index contributed by atoms with van der Waals surface area (Å²) in [6.07, 6.45) is 1.68. The van der Waals surface area contributed by atoms with E-state index in [1.807, 2.05) is 6.92 Å². The molecule has 2 aromatic rings. The third-order valence-electron chi connectivity index (χ3n) is 2.29. The Morgan fingerprint density at radius 3 is 2.76 bits per heavy atom. The van der Waals surface area contributed by atoms with Crippen LogP contribution in [0.2, 0.25) is 5.15 Å². The zero-order valence-electron chi connectivity index (χ0n) is 10.1. The summed E-state index contributed by atoms with van der Waals surface area (Å²) in [6.45, 7) is 7.65. The van der Waals surface area contributed by atoms with Crippen LogP contribution in [-0.4, -0.2) is 30.0 Å². The molecule has 0 saturated carbocycles. The number of hydrogen-bond acceptors (Lipinski definition) is 4. The first kappa shape index (κ1) is 12.0. The van der Waals surface area contributed by atoms with Gasteiger partial charge in [-0.15, -0.1) is 10.2 Å². The highest BCUT2D eigenvalue weighted by molar-refractivity contribution is 6.32. The molecule has 0 N–H and O–H groups in total. The summed E-state index contributed by atoms with van der Waals surface area (Å²) < 4.78 is 1.76. The van der Waals surface area contributed by atoms with E-state index in [4.69, 9.17) is 11.6 Å². The first-order chi connectivity index (χ1) is 8.11. The van der Waals surface area contributed by atoms with Crippen LogP contribution in [0.3, 0.4) is 0 Å². The van der Waals surface area contributed by atoms with Gasteiger partial charge in [0.1, 0.15) is 5.15 Å². The Hall–Kier alpha value is -1.43. The topological polar surface area (TPSA) is 61.4 Å². The molecule has 0 fully saturated rings. The summed E-state index contributed by atoms with van der Waals surface area (Å²) in [6, 6.07) is 0. The van der Waals surface area contributed by atoms with Gasteiger partial charge in [0.15, 0.2) is 0 Å². The smallest absolute Gasteiger partial charge is 0.209 e. The molecule has 0 atom stereocenters. The molecule has 2 aromatic heterocycles. The Balaban J connectivity index is 2.30. The van der Waals surface area contributed by atoms with Crippen molar-refractivity contribution in [3.05, 3.63) is 11.3 Å². The van der Waals surface area contributed by atoms with E-state index in [-0.39, 0.29) is 0 Å². The quantitative estimate of drug-likeness (QED) is 0.836. The van der Waals surface area contributed by atoms with E-state index < -0.39 is 0 Å². The minimum atomic E-state index is 0.486. The molecule has 0 bridgehead atoms. The summed E-state index contributed by atoms with van der Waals surface area (Å²) in [5.41, 5.74) is 0.729. The monoisotopic (exact) mass is 254 g/mol. The zero-order valence-corrected chi connectivity index (χ0v) is 10.9. The van der Waals surface area contributed by atoms with Crippen molar-refractivity contribution in [1.82, 2.24) is 30.0 Å². The van der Waals surface area contributed by atoms with Crippen LogP contribution < -0.4 is 0 Å². The van der Waals surface area contributed by atoms with Crippen LogP contribution >= 0.6 is 11.6 Å². The summed E-state index contributed by atoms with van der Waals surface area (Å²) in [7, 11) is 0. The van der Waals surface area contributed by atoms with Crippen LogP contribution in [0, 0.1) is 5.92 Å². The summed E-state index contributed by atoms with van der Waals surface area (Å²) in [5, 5.41) is 16.9. The van der Waals surface area contributed by atoms with E-state index in [0.29, 0.717) is 23.4 Å². The molecule has 0 amide bonds. The highest BCUT2D eigenvalue weighted by atomic mass is 35.5. The van der Waals surface area contributed by atoms with E-state index in [2.05, 4.69) is 34.4 Å². The van der Waals surface area contributed by atoms with Gasteiger partial charge >= 0.3 is 0 Å². The fourth-order valence-electron chi connectivity index (χ4n) is 1.48. The second kappa shape index (κ2) is 4.83. The molecule has 7 heteroatoms. The molecule has 92 valence electrons. The van der Waals surface area contributed by atoms with Crippen LogP contribution in [0.5, 0.6) is 0 Å². The van der Waals surface area contributed by atoms with Gasteiger partial charge in [-0.2, -0.15) is 9.90 Å². The van der Waals surface area contributed by atoms with E-state index in [9.17, 15) is 0 Å². The highest BCUT2D eigenvalue weighted by Gasteiger charge is 2.15. The van der Waals surface area contributed by atoms with Gasteiger partial charge in [0.05, 0.1) is 18.3 Å². The van der Waals surface area contributed by atoms with Crippen molar-refractivity contribution in [3.8, 4) is 11.4 Å². The van der Waals surface area contributed by atoms with Crippen LogP contribution in [0.25, 0.3) is 11.4 Å². The van der Waals surface area contributed by atoms with E-state index >= 15 is 0 Å². The molecule has 0 aromatic carbocycles. The maximum atomic E-state index is 6.24. The van der Waals surface area contributed by atoms with Gasteiger partial charge in [-0.3, -0.25) is 4.68 Å². The third kappa shape index (κ3) is 2.46. The molecule has 0 aliphatic carbocycles. The minimum Gasteiger partial charge on any atom is -0.253 e. The van der Waals surface area contributed by atoms with Crippen molar-refractivity contribution in [3.63, 3.8) is 0 Å². The maximum absolute atomic E-state index is 6.24. The van der Waals surface area contributed by atoms with Gasteiger partial charge < -0.3 is 0 Å². The van der Waals surface area contributed by atoms with Crippen molar-refractivity contribution >= 4 is 11.6 Å². The number of hydrogen-bond donors (Lipinski definition) is 0. The number of halogens is 1. The van der Waals surface area contributed by atoms with Crippen molar-refractivity contribution in [2.75, 3.05) is 0 Å². The molecule has 0 spiro atoms. The van der Waals surface area contributed by atoms with Crippen LogP contribution in [0.15, 0.2) is 6.20 Å². The number of tetrazole rings is 1. The fourth-order valence-corrected chi connectivity index (χ4v) is 1.72. The predicted octanol–water partition coefficient (Wildman–Crippen LogP) is 1.87. The number of aromatic nitrogens is 6. The lowest BCUT2D eigenvalue weighted by Gasteiger charge is -2.05. The lowest BCUT2D eigenvalue weighted by Crippen LogP contribution is -2.05. The molecule has 2 rings (SSSR count). The van der Waals surface area contributed by atoms with Gasteiger partial charge in [-0.1, -0.05) is 25.4 Å². The third-order valence-corrected chi connectivity index (χ3v) is 2.69. The van der Waals surface area contributed by atoms with Crippen LogP contribution in [0.1, 0.15) is 20.8 Å². The Morgan fingerprint density at radius 2 is 2.18 bits per heavy atom. The summed E-state index contributed by atoms with van der Waals surface area (Å²) in [5.74, 6) is 1.01. The van der Waals surface area contributed by atoms with E-state index in [1.165, 1.54) is 4.80 Å². The fraction of sp³-hybridized carbons (Fsp3) is 0.600. The number of aryl methyl sites for hydroxylation is 1. The molecule has 0 aliphatic heterocycles. The Labute approximate surface area is 105 Å². The second-order valence-electron chi connectivity index (χ2n) is 4.23. The molecular weight excluding hydrogens is 240 g/mol. The molecule has 0 radical (unpaired) electrons. The highest BCUT2D eigenvalue weighted by Crippen LogP contribution is 2.24. The number of rotatable bonds is 4. The first-order valence-electron chi connectivity index (χ1n) is 5.61. The maximum Gasteiger partial charge on any atom is 0.209 e. The molecule has 0 unspecified atom stereocenters. The normalized spacial score (nSPS) is 11.4. The van der Waals surface area contributed by atoms with Gasteiger partial charge in [0.2, 0.25) is 5.82 Å². The molecule has 0 aliphatic rings. The molecule has 0 saturated heterocycles. The SMILES string of the molecule is CCn1nnc(-c2cnn(CC(C)C)c2Cl)n1. The van der Waals surface area contributed by atoms with Gasteiger partial charge in [0.25, 0.3) is 0 Å². The lowest BCUT2D eigenvalue weighted by atomic mass is 10.2. The minimum absolute atomic E-state index is 0.486. The Bertz CT molecular complexity index is 501. The van der Waals surface area contributed by atoms with Crippen LogP contribution in [0.4, 0.5) is 0 Å². The lowest BCUT2D eigenvalue weighted by molar-refractivity contribution is 0.484. The first-order valence-corrected chi connectivity index (χ1v) is 5.99. The van der Waals surface area contributed by atoms with Crippen molar-refractivity contribution in [2.45, 2.75) is 33.9 Å². The Morgan fingerprint density at radius 1 is 1.41 bits per heavy atom. The molecule has 6 nitrogen and oxygen atoms in total. The van der Waals surface area contributed by atoms with Crippen molar-refractivity contribution < 1.29 is 0 Å². The van der Waals surface area contributed by atoms with Crippen LogP contribution in [-0.2, 0) is 13.1 Å². The van der Waals surface area contributed by atoms with E-state index in [0.717, 1.165) is 12.1 Å². The van der Waals surface area contributed by atoms with Crippen molar-refractivity contribution in [1.29, 1.82) is 0 Å². The summed E-state index contributed by atoms with van der Waals surface area (Å²) >= 11 is 6.24. The summed E-state index contributed by atoms with van der Waals surface area (Å²) in [4.78, 5) is 1.52. The average Bonchev–Trinajstić information content (AvgIpc) is 2.86. The molecular formula is C10H15ClN6. The molecule has 17 heavy (non-hydrogen) atoms. The molecule has 2 heterocycles. The zero-order chi connectivity index (χ0) is 12.4. The van der Waals surface area contributed by atoms with Gasteiger partial charge in [-0.25, -0.2) is 0 Å². The van der Waals surface area contributed by atoms with Gasteiger partial charge in [-0.05, 0) is 18.1 Å².